The van der Waals surface area contributed by atoms with Crippen LogP contribution in [0.4, 0.5) is 35.1 Å². The molecule has 0 saturated heterocycles. The number of carbonyl (C=O) groups is 4. The Bertz CT molecular complexity index is 5270. The Morgan fingerprint density at radius 3 is 0.572 bits per heavy atom. The van der Waals surface area contributed by atoms with Crippen LogP contribution >= 0.6 is 0 Å². The largest absolute Gasteiger partial charge is 0.743 e. The van der Waals surface area contributed by atoms with Gasteiger partial charge in [-0.15, -0.1) is 0 Å². The van der Waals surface area contributed by atoms with Crippen molar-refractivity contribution in [1.82, 2.24) is 0 Å². The number of esters is 4. The predicted molar refractivity (Wildman–Crippen MR) is 548 cm³/mol. The molecule has 0 spiro atoms. The summed E-state index contributed by atoms with van der Waals surface area (Å²) in [5, 5.41) is -20.0. The molecule has 0 amide bonds. The molecule has 12 aromatic carbocycles. The van der Waals surface area contributed by atoms with E-state index < -0.39 is 91.5 Å². The van der Waals surface area contributed by atoms with Gasteiger partial charge in [-0.05, 0) is 185 Å². The third-order valence-electron chi connectivity index (χ3n) is 20.3. The second-order valence-corrected chi connectivity index (χ2v) is 45.6. The molecule has 1 atom stereocenters. The third kappa shape index (κ3) is 43.9. The number of carbonyl (C=O) groups excluding carboxylic acids is 4. The molecular formula is C109H122F8O20S8. The number of hydrogen-bond acceptors (Lipinski definition) is 20. The lowest BCUT2D eigenvalue weighted by Crippen LogP contribution is -2.40. The van der Waals surface area contributed by atoms with Gasteiger partial charge < -0.3 is 37.2 Å². The van der Waals surface area contributed by atoms with Crippen LogP contribution in [0.25, 0.3) is 0 Å². The van der Waals surface area contributed by atoms with Crippen molar-refractivity contribution in [3.63, 3.8) is 0 Å². The first-order valence-corrected chi connectivity index (χ1v) is 57.2. The molecule has 0 aromatic heterocycles. The molecule has 782 valence electrons. The molecule has 0 aliphatic rings. The molecule has 0 bridgehead atoms. The SMILES string of the molecule is CC(C)OC(=O)C(F)(F)S(=O)(=O)[O-].CCCCC(CC)COC(=O)C(F)(F)S(=O)(=O)[O-].CCCCCCCCCCCCOC(=O)C(F)(F)S(=O)(=O)[O-].CCCCCCOC(=O)C(F)(F)S(=O)(=O)[O-].c1ccc([S+](c2ccccc2)c2ccccc2)cc1.c1ccc([S+](c2ccccc2)c2ccccc2)cc1.c1ccc([S+](c2ccccc2)c2ccccc2)cc1.c1ccc([S+](c2ccccc2)c2ccccc2)cc1. The smallest absolute Gasteiger partial charge is 0.428 e. The van der Waals surface area contributed by atoms with Crippen LogP contribution in [0.1, 0.15) is 157 Å². The van der Waals surface area contributed by atoms with E-state index in [2.05, 4.69) is 390 Å². The highest BCUT2D eigenvalue weighted by Gasteiger charge is 2.52. The van der Waals surface area contributed by atoms with Crippen LogP contribution < -0.4 is 0 Å². The van der Waals surface area contributed by atoms with Gasteiger partial charge >= 0.3 is 44.9 Å². The van der Waals surface area contributed by atoms with Gasteiger partial charge in [0.2, 0.25) is 0 Å². The van der Waals surface area contributed by atoms with Gasteiger partial charge in [0.1, 0.15) is 0 Å². The van der Waals surface area contributed by atoms with Crippen LogP contribution in [-0.2, 0) is 122 Å². The highest BCUT2D eigenvalue weighted by Crippen LogP contribution is 2.37. The predicted octanol–water partition coefficient (Wildman–Crippen LogP) is 25.9. The number of ether oxygens (including phenoxy) is 4. The maximum atomic E-state index is 12.8. The van der Waals surface area contributed by atoms with Crippen molar-refractivity contribution in [2.45, 2.75) is 243 Å². The molecule has 0 aliphatic heterocycles. The van der Waals surface area contributed by atoms with Crippen molar-refractivity contribution < 1.29 is 125 Å². The molecule has 12 aromatic rings. The summed E-state index contributed by atoms with van der Waals surface area (Å²) in [6.07, 6.45) is 15.2. The summed E-state index contributed by atoms with van der Waals surface area (Å²) < 4.78 is 238. The van der Waals surface area contributed by atoms with Crippen molar-refractivity contribution in [2.75, 3.05) is 19.8 Å². The Balaban J connectivity index is 0.000000293. The van der Waals surface area contributed by atoms with E-state index in [1.807, 2.05) is 13.8 Å². The molecule has 0 fully saturated rings. The van der Waals surface area contributed by atoms with E-state index in [-0.39, 0.29) is 69.3 Å². The number of unbranched alkanes of at least 4 members (excludes halogenated alkanes) is 13. The van der Waals surface area contributed by atoms with Crippen molar-refractivity contribution in [1.29, 1.82) is 0 Å². The van der Waals surface area contributed by atoms with Gasteiger partial charge in [-0.2, -0.15) is 35.1 Å². The van der Waals surface area contributed by atoms with Gasteiger partial charge in [-0.25, -0.2) is 52.8 Å². The minimum Gasteiger partial charge on any atom is -0.743 e. The number of alkyl halides is 8. The van der Waals surface area contributed by atoms with E-state index in [4.69, 9.17) is 0 Å². The quantitative estimate of drug-likeness (QED) is 0.00855. The van der Waals surface area contributed by atoms with E-state index in [1.165, 1.54) is 105 Å². The monoisotopic (exact) mass is 2160 g/mol. The van der Waals surface area contributed by atoms with E-state index in [0.717, 1.165) is 44.9 Å². The van der Waals surface area contributed by atoms with Gasteiger partial charge in [0.05, 0.1) is 69.5 Å². The fourth-order valence-electron chi connectivity index (χ4n) is 12.8. The first-order valence-electron chi connectivity index (χ1n) is 46.6. The summed E-state index contributed by atoms with van der Waals surface area (Å²) in [4.78, 5) is 59.0. The zero-order chi connectivity index (χ0) is 107. The Kier molecular flexibility index (Phi) is 56.3. The van der Waals surface area contributed by atoms with Gasteiger partial charge in [-0.3, -0.25) is 0 Å². The summed E-state index contributed by atoms with van der Waals surface area (Å²) >= 11 is 0. The number of halogens is 8. The van der Waals surface area contributed by atoms with Gasteiger partial charge in [0.25, 0.3) is 0 Å². The number of benzene rings is 12. The fraction of sp³-hybridized carbons (Fsp3) is 0.303. The van der Waals surface area contributed by atoms with E-state index in [1.54, 1.807) is 6.92 Å². The number of hydrogen-bond donors (Lipinski definition) is 0. The molecule has 0 saturated carbocycles. The Morgan fingerprint density at radius 1 is 0.248 bits per heavy atom. The second kappa shape index (κ2) is 65.6. The zero-order valence-electron chi connectivity index (χ0n) is 81.1. The van der Waals surface area contributed by atoms with Crippen molar-refractivity contribution in [3.8, 4) is 0 Å². The van der Waals surface area contributed by atoms with Crippen LogP contribution in [-0.4, -0.2) is 123 Å². The van der Waals surface area contributed by atoms with E-state index in [0.29, 0.717) is 38.5 Å². The van der Waals surface area contributed by atoms with Crippen LogP contribution in [0.15, 0.2) is 423 Å². The van der Waals surface area contributed by atoms with Crippen molar-refractivity contribution >= 4 is 108 Å². The summed E-state index contributed by atoms with van der Waals surface area (Å²) in [7, 11) is -24.1. The molecule has 1 unspecified atom stereocenters. The maximum Gasteiger partial charge on any atom is 0.428 e. The van der Waals surface area contributed by atoms with Gasteiger partial charge in [-0.1, -0.05) is 342 Å². The minimum atomic E-state index is -6.03. The summed E-state index contributed by atoms with van der Waals surface area (Å²) in [6, 6.07) is 129. The zero-order valence-corrected chi connectivity index (χ0v) is 87.6. The normalized spacial score (nSPS) is 11.7. The highest BCUT2D eigenvalue weighted by molar-refractivity contribution is 7.98. The van der Waals surface area contributed by atoms with Crippen LogP contribution in [0.2, 0.25) is 0 Å². The Hall–Kier alpha value is -11.0. The van der Waals surface area contributed by atoms with Crippen LogP contribution in [0.3, 0.4) is 0 Å². The Morgan fingerprint density at radius 2 is 0.407 bits per heavy atom. The highest BCUT2D eigenvalue weighted by atomic mass is 32.2. The summed E-state index contributed by atoms with van der Waals surface area (Å²) in [5.41, 5.74) is 0. The first kappa shape index (κ1) is 124. The van der Waals surface area contributed by atoms with E-state index >= 15 is 0 Å². The number of rotatable bonds is 43. The molecule has 145 heavy (non-hydrogen) atoms. The third-order valence-corrected chi connectivity index (χ3v) is 32.4. The minimum absolute atomic E-state index is 0.0146. The molecule has 0 heterocycles. The average molecular weight is 2160 g/mol. The molecule has 0 N–H and O–H groups in total. The average Bonchev–Trinajstić information content (AvgIpc) is 0.845. The lowest BCUT2D eigenvalue weighted by atomic mass is 10.0. The van der Waals surface area contributed by atoms with E-state index in [9.17, 15) is 106 Å². The molecule has 12 rings (SSSR count). The Labute approximate surface area is 859 Å². The summed E-state index contributed by atoms with van der Waals surface area (Å²) in [5.74, 6) is -9.36. The lowest BCUT2D eigenvalue weighted by molar-refractivity contribution is -0.165. The fourth-order valence-corrected chi connectivity index (χ4v) is 22.3. The molecule has 36 heteroatoms. The topological polar surface area (TPSA) is 334 Å². The molecule has 0 radical (unpaired) electrons. The van der Waals surface area contributed by atoms with Crippen LogP contribution in [0.5, 0.6) is 0 Å². The lowest BCUT2D eigenvalue weighted by Gasteiger charge is -2.20. The standard InChI is InChI=1S/4C18H15S.C14H26F2O5S.C10H18F2O5S.C8H14F2O5S.C5H8F2O5S/c4*1-4-10-16(11-5-1)19(17-12-6-2-7-13-17)18-14-8-3-9-15-18;1-2-3-4-5-6-7-8-9-10-11-12-21-13(17)14(15,16)22(18,19)20;1-3-5-6-8(4-2)7-17-9(13)10(11,12)18(14,15)16;1-2-3-4-5-6-15-7(11)8(9,10)16(12,13)14;1-3(2)12-4(8)5(6,7)13(9,10)11/h4*1-15H;2-12H2,1H3,(H,18,19,20);8H,3-7H2,1-2H3,(H,14,15,16);2-6H2,1H3,(H,12,13,14);3H,1-2H3,(H,9,10,11)/q4*+1;;;;/p-4. The van der Waals surface area contributed by atoms with Crippen molar-refractivity contribution in [2.24, 2.45) is 5.92 Å². The first-order chi connectivity index (χ1) is 69.0. The molecular weight excluding hydrogens is 2040 g/mol. The van der Waals surface area contributed by atoms with Crippen molar-refractivity contribution in [3.05, 3.63) is 364 Å². The molecule has 0 aliphatic carbocycles. The summed E-state index contributed by atoms with van der Waals surface area (Å²) in [6.45, 7) is 9.41. The van der Waals surface area contributed by atoms with Gasteiger partial charge in [0.15, 0.2) is 99.2 Å². The maximum absolute atomic E-state index is 12.8. The van der Waals surface area contributed by atoms with Gasteiger partial charge in [0, 0.05) is 0 Å². The second-order valence-electron chi connectivity index (χ2n) is 31.8. The van der Waals surface area contributed by atoms with Crippen LogP contribution in [0, 0.1) is 5.92 Å². The molecule has 20 nitrogen and oxygen atoms in total.